The lowest BCUT2D eigenvalue weighted by Gasteiger charge is -2.46. The van der Waals surface area contributed by atoms with Crippen LogP contribution in [0.1, 0.15) is 226 Å². The molecule has 0 aromatic heterocycles. The highest BCUT2D eigenvalue weighted by molar-refractivity contribution is 5.76. The number of aliphatic hydroxyl groups is 8. The van der Waals surface area contributed by atoms with Crippen molar-refractivity contribution in [2.24, 2.45) is 0 Å². The summed E-state index contributed by atoms with van der Waals surface area (Å²) >= 11 is 0. The fourth-order valence-corrected chi connectivity index (χ4v) is 10.0. The Morgan fingerprint density at radius 1 is 0.446 bits per heavy atom. The van der Waals surface area contributed by atoms with Gasteiger partial charge in [-0.25, -0.2) is 0 Å². The Labute approximate surface area is 502 Å². The van der Waals surface area contributed by atoms with Crippen molar-refractivity contribution >= 4 is 5.91 Å². The minimum atomic E-state index is -1.79. The van der Waals surface area contributed by atoms with Gasteiger partial charge in [0.1, 0.15) is 48.8 Å². The van der Waals surface area contributed by atoms with Crippen LogP contribution in [0, 0.1) is 0 Å². The lowest BCUT2D eigenvalue weighted by Crippen LogP contribution is -2.65. The third-order valence-electron chi connectivity index (χ3n) is 15.2. The average Bonchev–Trinajstić information content (AvgIpc) is 3.64. The number of aliphatic hydroxyl groups excluding tert-OH is 8. The van der Waals surface area contributed by atoms with E-state index >= 15 is 0 Å². The van der Waals surface area contributed by atoms with Crippen molar-refractivity contribution < 1.29 is 64.6 Å². The lowest BCUT2D eigenvalue weighted by atomic mass is 9.97. The monoisotopic (exact) mass is 1170 g/mol. The molecule has 2 saturated heterocycles. The van der Waals surface area contributed by atoms with E-state index in [1.165, 1.54) is 103 Å². The minimum Gasteiger partial charge on any atom is -0.394 e. The second-order valence-corrected chi connectivity index (χ2v) is 22.5. The summed E-state index contributed by atoms with van der Waals surface area (Å²) in [5.41, 5.74) is 0. The fourth-order valence-electron chi connectivity index (χ4n) is 10.0. The number of carbonyl (C=O) groups excluding carboxylic acids is 1. The summed E-state index contributed by atoms with van der Waals surface area (Å²) in [6.45, 7) is 2.67. The van der Waals surface area contributed by atoms with Crippen LogP contribution in [0.5, 0.6) is 0 Å². The molecule has 2 aliphatic heterocycles. The first-order valence-electron chi connectivity index (χ1n) is 32.6. The lowest BCUT2D eigenvalue weighted by molar-refractivity contribution is -0.359. The van der Waals surface area contributed by atoms with Crippen LogP contribution in [0.2, 0.25) is 0 Å². The number of hydrogen-bond donors (Lipinski definition) is 9. The zero-order chi connectivity index (χ0) is 60.2. The largest absolute Gasteiger partial charge is 0.394 e. The van der Waals surface area contributed by atoms with Gasteiger partial charge < -0.3 is 65.1 Å². The van der Waals surface area contributed by atoms with Crippen molar-refractivity contribution in [2.45, 2.75) is 299 Å². The summed E-state index contributed by atoms with van der Waals surface area (Å²) in [7, 11) is 0. The molecule has 2 fully saturated rings. The van der Waals surface area contributed by atoms with Crippen LogP contribution in [-0.4, -0.2) is 140 Å². The third kappa shape index (κ3) is 37.7. The molecule has 0 aromatic rings. The summed E-state index contributed by atoms with van der Waals surface area (Å²) in [6.07, 6.45) is 58.4. The van der Waals surface area contributed by atoms with Gasteiger partial charge in [-0.2, -0.15) is 0 Å². The van der Waals surface area contributed by atoms with Crippen molar-refractivity contribution in [3.8, 4) is 0 Å². The second-order valence-electron chi connectivity index (χ2n) is 22.5. The van der Waals surface area contributed by atoms with E-state index in [4.69, 9.17) is 18.9 Å². The van der Waals surface area contributed by atoms with Gasteiger partial charge in [0, 0.05) is 6.42 Å². The van der Waals surface area contributed by atoms with Gasteiger partial charge in [0.25, 0.3) is 0 Å². The summed E-state index contributed by atoms with van der Waals surface area (Å²) in [4.78, 5) is 13.3. The molecule has 2 rings (SSSR count). The summed E-state index contributed by atoms with van der Waals surface area (Å²) in [5.74, 6) is -0.249. The van der Waals surface area contributed by atoms with Gasteiger partial charge in [-0.15, -0.1) is 0 Å². The Morgan fingerprint density at radius 2 is 0.831 bits per heavy atom. The number of hydrogen-bond acceptors (Lipinski definition) is 13. The van der Waals surface area contributed by atoms with Gasteiger partial charge in [0.05, 0.1) is 32.0 Å². The van der Waals surface area contributed by atoms with E-state index in [-0.39, 0.29) is 18.9 Å². The average molecular weight is 1170 g/mol. The number of rotatable bonds is 51. The van der Waals surface area contributed by atoms with E-state index in [1.54, 1.807) is 6.08 Å². The Kier molecular flexibility index (Phi) is 48.3. The summed E-state index contributed by atoms with van der Waals surface area (Å²) < 4.78 is 22.8. The van der Waals surface area contributed by atoms with Gasteiger partial charge >= 0.3 is 0 Å². The quantitative estimate of drug-likeness (QED) is 0.0204. The molecular weight excluding hydrogens is 1050 g/mol. The second kappa shape index (κ2) is 52.9. The molecule has 2 heterocycles. The molecule has 12 unspecified atom stereocenters. The van der Waals surface area contributed by atoms with Crippen molar-refractivity contribution in [3.05, 3.63) is 109 Å². The zero-order valence-electron chi connectivity index (χ0n) is 51.4. The molecule has 0 spiro atoms. The van der Waals surface area contributed by atoms with Crippen LogP contribution in [0.4, 0.5) is 0 Å². The SMILES string of the molecule is CC/C=C\C/C=C\C/C=C\C/C=C\C/C=C\C/C=C\C/C=C\C/C=C\CCCCCCCCCCCCC(=O)NC(COC1OC(CO)C(OC2OC(CO)C(O)C(O)C2O)C(O)C1O)C(O)/C=C/CCCCCCCCCCCCCC. The normalized spacial score (nSPS) is 24.6. The van der Waals surface area contributed by atoms with Crippen molar-refractivity contribution in [2.75, 3.05) is 19.8 Å². The molecule has 0 aromatic carbocycles. The first-order chi connectivity index (χ1) is 40.6. The molecule has 0 bridgehead atoms. The Bertz CT molecular complexity index is 1810. The number of nitrogens with one attached hydrogen (secondary N) is 1. The van der Waals surface area contributed by atoms with Gasteiger partial charge in [-0.05, 0) is 83.5 Å². The van der Waals surface area contributed by atoms with Crippen LogP contribution >= 0.6 is 0 Å². The van der Waals surface area contributed by atoms with Crippen LogP contribution in [0.3, 0.4) is 0 Å². The molecule has 83 heavy (non-hydrogen) atoms. The predicted octanol–water partition coefficient (Wildman–Crippen LogP) is 12.4. The number of ether oxygens (including phenoxy) is 4. The third-order valence-corrected chi connectivity index (χ3v) is 15.2. The maximum Gasteiger partial charge on any atom is 0.220 e. The van der Waals surface area contributed by atoms with E-state index in [1.807, 2.05) is 6.08 Å². The highest BCUT2D eigenvalue weighted by Gasteiger charge is 2.51. The summed E-state index contributed by atoms with van der Waals surface area (Å²) in [5, 5.41) is 87.2. The van der Waals surface area contributed by atoms with Gasteiger partial charge in [0.15, 0.2) is 12.6 Å². The van der Waals surface area contributed by atoms with Gasteiger partial charge in [-0.1, -0.05) is 245 Å². The molecule has 2 aliphatic rings. The first kappa shape index (κ1) is 75.7. The molecule has 14 nitrogen and oxygen atoms in total. The highest BCUT2D eigenvalue weighted by atomic mass is 16.7. The minimum absolute atomic E-state index is 0.249. The van der Waals surface area contributed by atoms with Crippen molar-refractivity contribution in [3.63, 3.8) is 0 Å². The fraction of sp³-hybridized carbons (Fsp3) is 0.725. The van der Waals surface area contributed by atoms with E-state index < -0.39 is 86.8 Å². The van der Waals surface area contributed by atoms with E-state index in [2.05, 4.69) is 116 Å². The maximum atomic E-state index is 13.3. The predicted molar refractivity (Wildman–Crippen MR) is 336 cm³/mol. The molecule has 0 saturated carbocycles. The zero-order valence-corrected chi connectivity index (χ0v) is 51.4. The highest BCUT2D eigenvalue weighted by Crippen LogP contribution is 2.30. The van der Waals surface area contributed by atoms with Crippen molar-refractivity contribution in [1.82, 2.24) is 5.32 Å². The summed E-state index contributed by atoms with van der Waals surface area (Å²) in [6, 6.07) is -0.923. The molecule has 0 radical (unpaired) electrons. The van der Waals surface area contributed by atoms with E-state index in [0.717, 1.165) is 96.3 Å². The van der Waals surface area contributed by atoms with Crippen LogP contribution in [-0.2, 0) is 23.7 Å². The smallest absolute Gasteiger partial charge is 0.220 e. The van der Waals surface area contributed by atoms with Gasteiger partial charge in [0.2, 0.25) is 5.91 Å². The van der Waals surface area contributed by atoms with Crippen LogP contribution < -0.4 is 5.32 Å². The Hall–Kier alpha value is -3.35. The first-order valence-corrected chi connectivity index (χ1v) is 32.6. The van der Waals surface area contributed by atoms with Crippen LogP contribution in [0.25, 0.3) is 0 Å². The molecule has 9 N–H and O–H groups in total. The van der Waals surface area contributed by atoms with E-state index in [9.17, 15) is 45.6 Å². The molecular formula is C69H117NO13. The Morgan fingerprint density at radius 3 is 1.28 bits per heavy atom. The molecule has 476 valence electrons. The maximum absolute atomic E-state index is 13.3. The molecule has 12 atom stereocenters. The molecule has 0 aliphatic carbocycles. The number of unbranched alkanes of at least 4 members (excludes halogenated alkanes) is 22. The standard InChI is InChI=1S/C69H117NO13/c1-3-5-7-9-11-13-15-17-19-20-21-22-23-24-25-26-27-28-29-30-31-32-33-34-35-36-37-38-39-41-43-45-47-49-51-53-61(74)70-57(58(73)52-50-48-46-44-42-40-18-16-14-12-10-8-6-4-2)56-80-68-66(79)64(77)67(60(55-72)82-68)83-69-65(78)63(76)62(75)59(54-71)81-69/h5,7,11,13,17,19,21-22,24-25,27-28,30-31,33-34,50,52,57-60,62-69,71-73,75-79H,3-4,6,8-10,12,14-16,18,20,23,26,29,32,35-49,51,53-56H2,1-2H3,(H,70,74)/b7-5-,13-11-,19-17-,22-21-,25-24-,28-27-,31-30-,34-33-,52-50+. The number of allylic oxidation sites excluding steroid dienone is 17. The Balaban J connectivity index is 1.66. The topological polar surface area (TPSA) is 228 Å². The molecule has 1 amide bonds. The molecule has 14 heteroatoms. The van der Waals surface area contributed by atoms with Crippen LogP contribution in [0.15, 0.2) is 109 Å². The van der Waals surface area contributed by atoms with Crippen molar-refractivity contribution in [1.29, 1.82) is 0 Å². The number of carbonyl (C=O) groups is 1. The van der Waals surface area contributed by atoms with Gasteiger partial charge in [-0.3, -0.25) is 4.79 Å². The number of amides is 1. The van der Waals surface area contributed by atoms with E-state index in [0.29, 0.717) is 6.42 Å².